The number of hydrogen-bond donors (Lipinski definition) is 1. The van der Waals surface area contributed by atoms with Crippen LogP contribution < -0.4 is 10.9 Å². The highest BCUT2D eigenvalue weighted by atomic mass is 32.2. The number of carbonyl (C=O) groups is 1. The number of para-hydroxylation sites is 1. The molecule has 1 aromatic carbocycles. The van der Waals surface area contributed by atoms with Crippen LogP contribution >= 0.6 is 23.1 Å². The van der Waals surface area contributed by atoms with Crippen LogP contribution in [0.2, 0.25) is 0 Å². The quantitative estimate of drug-likeness (QED) is 0.375. The molecule has 2 aromatic rings. The smallest absolute Gasteiger partial charge is 0.282 e. The summed E-state index contributed by atoms with van der Waals surface area (Å²) in [6, 6.07) is 9.14. The van der Waals surface area contributed by atoms with Crippen molar-refractivity contribution >= 4 is 34.1 Å². The number of pyridine rings is 1. The second-order valence-electron chi connectivity index (χ2n) is 6.08. The van der Waals surface area contributed by atoms with Crippen molar-refractivity contribution in [2.45, 2.75) is 24.7 Å². The molecule has 2 aliphatic rings. The lowest BCUT2D eigenvalue weighted by Crippen LogP contribution is -2.17. The summed E-state index contributed by atoms with van der Waals surface area (Å²) >= 11 is 2.88. The van der Waals surface area contributed by atoms with Crippen LogP contribution in [0, 0.1) is 0 Å². The van der Waals surface area contributed by atoms with Crippen LogP contribution in [0.5, 0.6) is 0 Å². The lowest BCUT2D eigenvalue weighted by molar-refractivity contribution is 0.102. The van der Waals surface area contributed by atoms with Crippen molar-refractivity contribution in [3.8, 4) is 16.9 Å². The van der Waals surface area contributed by atoms with E-state index in [1.165, 1.54) is 16.0 Å². The van der Waals surface area contributed by atoms with E-state index in [0.29, 0.717) is 34.2 Å². The molecule has 1 N–H and O–H groups in total. The van der Waals surface area contributed by atoms with Crippen molar-refractivity contribution < 1.29 is 4.79 Å². The first kappa shape index (κ1) is 19.3. The number of hydrogen-bond acceptors (Lipinski definition) is 7. The first-order valence-electron chi connectivity index (χ1n) is 9.06. The molecule has 0 atom stereocenters. The number of carbonyl (C=O) groups excluding carboxylic acids is 1. The monoisotopic (exact) mass is 426 g/mol. The summed E-state index contributed by atoms with van der Waals surface area (Å²) in [5, 5.41) is 15.7. The van der Waals surface area contributed by atoms with Crippen LogP contribution in [0.4, 0.5) is 5.13 Å². The van der Waals surface area contributed by atoms with Crippen LogP contribution in [0.25, 0.3) is 16.9 Å². The molecule has 0 unspecified atom stereocenters. The predicted molar refractivity (Wildman–Crippen MR) is 114 cm³/mol. The van der Waals surface area contributed by atoms with E-state index in [-0.39, 0.29) is 11.5 Å². The Kier molecular flexibility index (Phi) is 5.45. The van der Waals surface area contributed by atoms with E-state index in [2.05, 4.69) is 20.6 Å². The number of rotatable bonds is 6. The molecule has 0 bridgehead atoms. The fraction of sp³-hybridized carbons (Fsp3) is 0.211. The van der Waals surface area contributed by atoms with E-state index in [1.807, 2.05) is 32.0 Å². The molecule has 3 heterocycles. The van der Waals surface area contributed by atoms with Gasteiger partial charge in [-0.2, -0.15) is 9.78 Å². The van der Waals surface area contributed by atoms with Gasteiger partial charge in [-0.25, -0.2) is 0 Å². The molecule has 10 heteroatoms. The molecule has 8 nitrogen and oxygen atoms in total. The van der Waals surface area contributed by atoms with Gasteiger partial charge in [0.05, 0.1) is 16.8 Å². The summed E-state index contributed by atoms with van der Waals surface area (Å²) < 4.78 is 3.91. The molecule has 1 amide bonds. The Labute approximate surface area is 174 Å². The number of aromatic nitrogens is 5. The highest BCUT2D eigenvalue weighted by Crippen LogP contribution is 2.27. The number of thioether (sulfide) groups is 1. The van der Waals surface area contributed by atoms with E-state index in [1.54, 1.807) is 40.9 Å². The molecule has 0 radical (unpaired) electrons. The third kappa shape index (κ3) is 3.81. The number of benzene rings is 1. The summed E-state index contributed by atoms with van der Waals surface area (Å²) in [5.41, 5.74) is 1.45. The van der Waals surface area contributed by atoms with E-state index in [9.17, 15) is 9.59 Å². The van der Waals surface area contributed by atoms with Gasteiger partial charge in [-0.1, -0.05) is 48.2 Å². The molecule has 0 saturated carbocycles. The van der Waals surface area contributed by atoms with Crippen LogP contribution in [0.15, 0.2) is 51.9 Å². The number of nitrogens with zero attached hydrogens (tertiary/aromatic N) is 5. The van der Waals surface area contributed by atoms with E-state index >= 15 is 0 Å². The predicted octanol–water partition coefficient (Wildman–Crippen LogP) is 3.37. The molecule has 0 fully saturated rings. The zero-order valence-corrected chi connectivity index (χ0v) is 17.5. The normalized spacial score (nSPS) is 11.1. The van der Waals surface area contributed by atoms with Gasteiger partial charge >= 0.3 is 0 Å². The summed E-state index contributed by atoms with van der Waals surface area (Å²) in [7, 11) is 0. The minimum atomic E-state index is -0.375. The number of nitrogens with one attached hydrogen (secondary N) is 1. The van der Waals surface area contributed by atoms with Gasteiger partial charge in [-0.3, -0.25) is 14.9 Å². The van der Waals surface area contributed by atoms with Gasteiger partial charge in [-0.05, 0) is 24.8 Å². The van der Waals surface area contributed by atoms with Crippen LogP contribution in [-0.4, -0.2) is 36.2 Å². The number of anilines is 1. The molecule has 148 valence electrons. The summed E-state index contributed by atoms with van der Waals surface area (Å²) in [6.07, 6.45) is 3.42. The number of fused-ring (bicyclic) bond motifs is 1. The second kappa shape index (κ2) is 8.18. The van der Waals surface area contributed by atoms with Gasteiger partial charge in [0.2, 0.25) is 5.13 Å². The minimum Gasteiger partial charge on any atom is -0.353 e. The molecule has 4 rings (SSSR count). The zero-order valence-electron chi connectivity index (χ0n) is 15.8. The van der Waals surface area contributed by atoms with Gasteiger partial charge in [0.1, 0.15) is 5.69 Å². The Morgan fingerprint density at radius 2 is 1.97 bits per heavy atom. The minimum absolute atomic E-state index is 0.263. The topological polar surface area (TPSA) is 94.7 Å². The Balaban J connectivity index is 1.76. The van der Waals surface area contributed by atoms with Gasteiger partial charge < -0.3 is 4.57 Å². The van der Waals surface area contributed by atoms with Gasteiger partial charge in [0.25, 0.3) is 11.5 Å². The second-order valence-corrected chi connectivity index (χ2v) is 8.57. The van der Waals surface area contributed by atoms with Gasteiger partial charge in [-0.15, -0.1) is 10.2 Å². The van der Waals surface area contributed by atoms with Crippen molar-refractivity contribution in [1.82, 2.24) is 24.5 Å². The molecule has 0 aliphatic carbocycles. The maximum Gasteiger partial charge on any atom is 0.282 e. The number of amides is 1. The Morgan fingerprint density at radius 1 is 1.17 bits per heavy atom. The van der Waals surface area contributed by atoms with E-state index in [4.69, 9.17) is 0 Å². The van der Waals surface area contributed by atoms with Gasteiger partial charge in [0, 0.05) is 18.9 Å². The molecule has 0 spiro atoms. The standard InChI is InChI=1S/C19H18N6O2S2/c1-3-24-10-13(16(26)20-18-21-22-19(29-18)28-4-2)15-14(11-24)17(27)25(23-15)12-8-6-5-7-9-12/h5-11H,3-4H2,1-2H3,(H,20,21,26). The lowest BCUT2D eigenvalue weighted by Gasteiger charge is -2.10. The SMILES string of the molecule is CCSc1nnc(NC(=O)c2cn(CC)cc3c(=O)n(-c4ccccc4)nc2-3)s1. The number of aryl methyl sites for hydroxylation is 1. The van der Waals surface area contributed by atoms with Crippen LogP contribution in [-0.2, 0) is 6.54 Å². The first-order chi connectivity index (χ1) is 14.1. The van der Waals surface area contributed by atoms with Crippen molar-refractivity contribution in [1.29, 1.82) is 0 Å². The van der Waals surface area contributed by atoms with Crippen molar-refractivity contribution in [3.63, 3.8) is 0 Å². The fourth-order valence-corrected chi connectivity index (χ4v) is 4.50. The van der Waals surface area contributed by atoms with Crippen LogP contribution in [0.1, 0.15) is 24.2 Å². The molecular weight excluding hydrogens is 408 g/mol. The summed E-state index contributed by atoms with van der Waals surface area (Å²) in [4.78, 5) is 25.9. The highest BCUT2D eigenvalue weighted by molar-refractivity contribution is 8.01. The summed E-state index contributed by atoms with van der Waals surface area (Å²) in [5.74, 6) is 0.501. The Bertz CT molecular complexity index is 1180. The van der Waals surface area contributed by atoms with Crippen molar-refractivity contribution in [3.05, 3.63) is 58.6 Å². The molecule has 1 aromatic heterocycles. The Hall–Kier alpha value is -2.98. The van der Waals surface area contributed by atoms with E-state index < -0.39 is 0 Å². The van der Waals surface area contributed by atoms with Crippen molar-refractivity contribution in [2.24, 2.45) is 0 Å². The molecule has 0 saturated heterocycles. The van der Waals surface area contributed by atoms with Gasteiger partial charge in [0.15, 0.2) is 4.34 Å². The van der Waals surface area contributed by atoms with Crippen LogP contribution in [0.3, 0.4) is 0 Å². The molecule has 29 heavy (non-hydrogen) atoms. The summed E-state index contributed by atoms with van der Waals surface area (Å²) in [6.45, 7) is 4.58. The molecule has 2 aliphatic heterocycles. The average Bonchev–Trinajstić information content (AvgIpc) is 3.32. The molecular formula is C19H18N6O2S2. The third-order valence-corrected chi connectivity index (χ3v) is 6.08. The largest absolute Gasteiger partial charge is 0.353 e. The fourth-order valence-electron chi connectivity index (χ4n) is 2.86. The first-order valence-corrected chi connectivity index (χ1v) is 10.9. The maximum absolute atomic E-state index is 13.0. The van der Waals surface area contributed by atoms with Crippen molar-refractivity contribution in [2.75, 3.05) is 11.1 Å². The average molecular weight is 427 g/mol. The van der Waals surface area contributed by atoms with E-state index in [0.717, 1.165) is 10.1 Å². The highest BCUT2D eigenvalue weighted by Gasteiger charge is 2.25. The zero-order chi connectivity index (χ0) is 20.4. The third-order valence-electron chi connectivity index (χ3n) is 4.23. The maximum atomic E-state index is 13.0. The lowest BCUT2D eigenvalue weighted by atomic mass is 10.1. The Morgan fingerprint density at radius 3 is 2.69 bits per heavy atom.